The van der Waals surface area contributed by atoms with Crippen molar-refractivity contribution in [1.82, 2.24) is 0 Å². The van der Waals surface area contributed by atoms with E-state index in [-0.39, 0.29) is 23.0 Å². The largest absolute Gasteiger partial charge is 0.508 e. The van der Waals surface area contributed by atoms with E-state index in [4.69, 9.17) is 0 Å². The zero-order chi connectivity index (χ0) is 15.5. The number of sulfone groups is 1. The minimum atomic E-state index is -3.24. The van der Waals surface area contributed by atoms with Crippen molar-refractivity contribution < 1.29 is 18.3 Å². The van der Waals surface area contributed by atoms with Gasteiger partial charge < -0.3 is 10.4 Å². The van der Waals surface area contributed by atoms with Gasteiger partial charge in [-0.2, -0.15) is 0 Å². The van der Waals surface area contributed by atoms with Crippen LogP contribution in [0.5, 0.6) is 5.75 Å². The fraction of sp³-hybridized carbons (Fsp3) is 0.133. The molecular weight excluding hydrogens is 290 g/mol. The number of benzene rings is 2. The molecule has 0 saturated carbocycles. The molecule has 2 aromatic carbocycles. The molecule has 0 spiro atoms. The standard InChI is InChI=1S/C15H15NO4S/c1-21(19,20)14-7-5-12(6-8-14)16-15(18)10-11-3-2-4-13(17)9-11/h2-9,17H,10H2,1H3,(H,16,18). The van der Waals surface area contributed by atoms with E-state index in [2.05, 4.69) is 5.32 Å². The van der Waals surface area contributed by atoms with Crippen LogP contribution in [0.4, 0.5) is 5.69 Å². The van der Waals surface area contributed by atoms with Crippen LogP contribution in [0.3, 0.4) is 0 Å². The van der Waals surface area contributed by atoms with Crippen LogP contribution in [0.25, 0.3) is 0 Å². The Balaban J connectivity index is 2.03. The number of aromatic hydroxyl groups is 1. The Labute approximate surface area is 123 Å². The van der Waals surface area contributed by atoms with E-state index in [1.165, 1.54) is 36.4 Å². The van der Waals surface area contributed by atoms with E-state index in [0.717, 1.165) is 6.26 Å². The molecule has 0 aliphatic rings. The van der Waals surface area contributed by atoms with Crippen molar-refractivity contribution in [3.8, 4) is 5.75 Å². The van der Waals surface area contributed by atoms with Gasteiger partial charge in [0.25, 0.3) is 0 Å². The number of phenolic OH excluding ortho intramolecular Hbond substituents is 1. The average molecular weight is 305 g/mol. The second-order valence-electron chi connectivity index (χ2n) is 4.69. The molecule has 1 amide bonds. The van der Waals surface area contributed by atoms with Gasteiger partial charge in [0.05, 0.1) is 11.3 Å². The van der Waals surface area contributed by atoms with E-state index in [9.17, 15) is 18.3 Å². The maximum Gasteiger partial charge on any atom is 0.228 e. The summed E-state index contributed by atoms with van der Waals surface area (Å²) in [5.74, 6) is -0.134. The first-order valence-corrected chi connectivity index (χ1v) is 8.11. The third kappa shape index (κ3) is 4.32. The van der Waals surface area contributed by atoms with Gasteiger partial charge in [0, 0.05) is 11.9 Å². The molecule has 21 heavy (non-hydrogen) atoms. The lowest BCUT2D eigenvalue weighted by atomic mass is 10.1. The van der Waals surface area contributed by atoms with Crippen LogP contribution in [-0.4, -0.2) is 25.7 Å². The Bertz CT molecular complexity index is 751. The molecule has 0 aliphatic carbocycles. The van der Waals surface area contributed by atoms with E-state index >= 15 is 0 Å². The first-order chi connectivity index (χ1) is 9.84. The van der Waals surface area contributed by atoms with E-state index in [1.54, 1.807) is 12.1 Å². The van der Waals surface area contributed by atoms with Crippen LogP contribution < -0.4 is 5.32 Å². The zero-order valence-electron chi connectivity index (χ0n) is 11.4. The van der Waals surface area contributed by atoms with E-state index < -0.39 is 9.84 Å². The van der Waals surface area contributed by atoms with Gasteiger partial charge in [-0.25, -0.2) is 8.42 Å². The van der Waals surface area contributed by atoms with Crippen molar-refractivity contribution in [3.05, 3.63) is 54.1 Å². The average Bonchev–Trinajstić information content (AvgIpc) is 2.38. The molecule has 0 fully saturated rings. The van der Waals surface area contributed by atoms with Gasteiger partial charge in [-0.15, -0.1) is 0 Å². The van der Waals surface area contributed by atoms with Gasteiger partial charge in [-0.3, -0.25) is 4.79 Å². The summed E-state index contributed by atoms with van der Waals surface area (Å²) in [7, 11) is -3.24. The highest BCUT2D eigenvalue weighted by molar-refractivity contribution is 7.90. The number of anilines is 1. The topological polar surface area (TPSA) is 83.5 Å². The molecule has 0 heterocycles. The van der Waals surface area contributed by atoms with Crippen molar-refractivity contribution in [1.29, 1.82) is 0 Å². The maximum atomic E-state index is 11.9. The first-order valence-electron chi connectivity index (χ1n) is 6.22. The van der Waals surface area contributed by atoms with Crippen molar-refractivity contribution in [2.24, 2.45) is 0 Å². The number of phenols is 1. The fourth-order valence-corrected chi connectivity index (χ4v) is 2.47. The predicted molar refractivity (Wildman–Crippen MR) is 80.0 cm³/mol. The Morgan fingerprint density at radius 3 is 2.38 bits per heavy atom. The molecule has 6 heteroatoms. The highest BCUT2D eigenvalue weighted by Crippen LogP contribution is 2.15. The lowest BCUT2D eigenvalue weighted by Crippen LogP contribution is -2.14. The van der Waals surface area contributed by atoms with Crippen LogP contribution in [0.2, 0.25) is 0 Å². The van der Waals surface area contributed by atoms with Gasteiger partial charge in [0.2, 0.25) is 5.91 Å². The Hall–Kier alpha value is -2.34. The second kappa shape index (κ2) is 5.97. The molecule has 0 radical (unpaired) electrons. The third-order valence-electron chi connectivity index (χ3n) is 2.84. The van der Waals surface area contributed by atoms with Crippen LogP contribution in [0.1, 0.15) is 5.56 Å². The molecule has 0 bridgehead atoms. The molecule has 2 aromatic rings. The van der Waals surface area contributed by atoms with Gasteiger partial charge in [-0.1, -0.05) is 12.1 Å². The number of carbonyl (C=O) groups is 1. The lowest BCUT2D eigenvalue weighted by molar-refractivity contribution is -0.115. The molecular formula is C15H15NO4S. The maximum absolute atomic E-state index is 11.9. The molecule has 2 N–H and O–H groups in total. The summed E-state index contributed by atoms with van der Waals surface area (Å²) in [4.78, 5) is 12.1. The van der Waals surface area contributed by atoms with Crippen LogP contribution in [0, 0.1) is 0 Å². The predicted octanol–water partition coefficient (Wildman–Crippen LogP) is 1.98. The highest BCUT2D eigenvalue weighted by Gasteiger charge is 2.08. The highest BCUT2D eigenvalue weighted by atomic mass is 32.2. The lowest BCUT2D eigenvalue weighted by Gasteiger charge is -2.06. The van der Waals surface area contributed by atoms with Crippen molar-refractivity contribution in [2.45, 2.75) is 11.3 Å². The van der Waals surface area contributed by atoms with E-state index in [0.29, 0.717) is 11.3 Å². The van der Waals surface area contributed by atoms with Crippen molar-refractivity contribution in [2.75, 3.05) is 11.6 Å². The van der Waals surface area contributed by atoms with E-state index in [1.807, 2.05) is 0 Å². The van der Waals surface area contributed by atoms with Gasteiger partial charge >= 0.3 is 0 Å². The van der Waals surface area contributed by atoms with Crippen molar-refractivity contribution in [3.63, 3.8) is 0 Å². The summed E-state index contributed by atoms with van der Waals surface area (Å²) in [6.45, 7) is 0. The van der Waals surface area contributed by atoms with Crippen LogP contribution >= 0.6 is 0 Å². The molecule has 110 valence electrons. The Morgan fingerprint density at radius 2 is 1.81 bits per heavy atom. The SMILES string of the molecule is CS(=O)(=O)c1ccc(NC(=O)Cc2cccc(O)c2)cc1. The molecule has 0 saturated heterocycles. The first kappa shape index (κ1) is 15.1. The molecule has 2 rings (SSSR count). The molecule has 0 atom stereocenters. The Morgan fingerprint density at radius 1 is 1.14 bits per heavy atom. The number of amides is 1. The number of hydrogen-bond donors (Lipinski definition) is 2. The normalized spacial score (nSPS) is 11.1. The smallest absolute Gasteiger partial charge is 0.228 e. The zero-order valence-corrected chi connectivity index (χ0v) is 12.2. The Kier molecular flexibility index (Phi) is 4.28. The van der Waals surface area contributed by atoms with Gasteiger partial charge in [0.15, 0.2) is 9.84 Å². The monoisotopic (exact) mass is 305 g/mol. The fourth-order valence-electron chi connectivity index (χ4n) is 1.84. The number of rotatable bonds is 4. The molecule has 0 unspecified atom stereocenters. The van der Waals surface area contributed by atoms with Gasteiger partial charge in [0.1, 0.15) is 5.75 Å². The third-order valence-corrected chi connectivity index (χ3v) is 3.97. The molecule has 0 aromatic heterocycles. The van der Waals surface area contributed by atoms with Crippen LogP contribution in [0.15, 0.2) is 53.4 Å². The minimum absolute atomic E-state index is 0.109. The summed E-state index contributed by atoms with van der Waals surface area (Å²) < 4.78 is 22.7. The summed E-state index contributed by atoms with van der Waals surface area (Å²) in [5, 5.41) is 12.0. The summed E-state index contributed by atoms with van der Waals surface area (Å²) in [6.07, 6.45) is 1.25. The number of nitrogens with one attached hydrogen (secondary N) is 1. The number of carbonyl (C=O) groups excluding carboxylic acids is 1. The molecule has 0 aliphatic heterocycles. The quantitative estimate of drug-likeness (QED) is 0.904. The van der Waals surface area contributed by atoms with Crippen LogP contribution in [-0.2, 0) is 21.1 Å². The van der Waals surface area contributed by atoms with Crippen molar-refractivity contribution >= 4 is 21.4 Å². The number of hydrogen-bond acceptors (Lipinski definition) is 4. The molecule has 5 nitrogen and oxygen atoms in total. The van der Waals surface area contributed by atoms with Gasteiger partial charge in [-0.05, 0) is 42.0 Å². The summed E-state index contributed by atoms with van der Waals surface area (Å²) in [5.41, 5.74) is 1.22. The second-order valence-corrected chi connectivity index (χ2v) is 6.71. The summed E-state index contributed by atoms with van der Waals surface area (Å²) >= 11 is 0. The summed E-state index contributed by atoms with van der Waals surface area (Å²) in [6, 6.07) is 12.4. The minimum Gasteiger partial charge on any atom is -0.508 e.